The summed E-state index contributed by atoms with van der Waals surface area (Å²) >= 11 is 11.8. The molecule has 0 bridgehead atoms. The minimum Gasteiger partial charge on any atom is -0.207 e. The van der Waals surface area contributed by atoms with Gasteiger partial charge in [0.1, 0.15) is 29.1 Å². The van der Waals surface area contributed by atoms with Gasteiger partial charge in [-0.2, -0.15) is 0 Å². The van der Waals surface area contributed by atoms with Crippen molar-refractivity contribution in [2.75, 3.05) is 0 Å². The Balaban J connectivity index is 0.000000862. The minimum absolute atomic E-state index is 0. The average molecular weight is 1060 g/mol. The molecule has 7 heteroatoms. The lowest BCUT2D eigenvalue weighted by atomic mass is 9.85. The quantitative estimate of drug-likeness (QED) is 0.133. The van der Waals surface area contributed by atoms with Gasteiger partial charge in [0.2, 0.25) is 0 Å². The second-order valence-corrected chi connectivity index (χ2v) is 26.4. The Labute approximate surface area is 457 Å². The smallest absolute Gasteiger partial charge is 0.130 e. The molecular formula is C67H93Cl2F5. The molecule has 0 aliphatic carbocycles. The number of aryl methyl sites for hydroxylation is 6. The van der Waals surface area contributed by atoms with E-state index in [2.05, 4.69) is 106 Å². The zero-order chi connectivity index (χ0) is 57.0. The number of hydrogen-bond donors (Lipinski definition) is 0. The first-order valence-electron chi connectivity index (χ1n) is 25.2. The molecule has 0 aliphatic rings. The van der Waals surface area contributed by atoms with Crippen LogP contribution >= 0.6 is 23.2 Å². The Morgan fingerprint density at radius 2 is 0.662 bits per heavy atom. The highest BCUT2D eigenvalue weighted by atomic mass is 35.5. The van der Waals surface area contributed by atoms with E-state index in [9.17, 15) is 22.0 Å². The van der Waals surface area contributed by atoms with E-state index >= 15 is 0 Å². The van der Waals surface area contributed by atoms with Crippen LogP contribution in [0.5, 0.6) is 0 Å². The lowest BCUT2D eigenvalue weighted by Crippen LogP contribution is -2.14. The third-order valence-corrected chi connectivity index (χ3v) is 12.2. The predicted octanol–water partition coefficient (Wildman–Crippen LogP) is 22.4. The zero-order valence-electron chi connectivity index (χ0n) is 49.0. The van der Waals surface area contributed by atoms with E-state index < -0.39 is 0 Å². The standard InChI is InChI=1S/C11H14ClF.C11H15Cl.C11H14F2.2C11H15F.C11H16.CH4/c1-7-5-8(12)6-9(10(7)13)11(2,3)4;1-8-5-9(11(2,3)4)7-10(12)6-8;1-7-5-8(12)6-9(10(7)13)11(2,3)4;1-8-5-9(11(2,3)4)7-10(12)6-8;1-8-6-5-7-9(10(8)12)11(2,3)4;1-9-6-5-7-10(8-9)11(2,3)4;/h5-6H,1-4H3;5-7H,1-4H3;5-6H,1-4H3;2*5-7H,1-4H3;5-8H,1-4H3;1H4. The monoisotopic (exact) mass is 1060 g/mol. The van der Waals surface area contributed by atoms with Crippen LogP contribution in [-0.2, 0) is 32.5 Å². The fourth-order valence-corrected chi connectivity index (χ4v) is 7.78. The molecule has 0 N–H and O–H groups in total. The maximum atomic E-state index is 13.6. The molecule has 6 aromatic rings. The highest BCUT2D eigenvalue weighted by Gasteiger charge is 2.22. The van der Waals surface area contributed by atoms with Gasteiger partial charge in [-0.1, -0.05) is 215 Å². The van der Waals surface area contributed by atoms with Crippen molar-refractivity contribution < 1.29 is 22.0 Å². The van der Waals surface area contributed by atoms with Crippen LogP contribution in [0.1, 0.15) is 199 Å². The van der Waals surface area contributed by atoms with Crippen LogP contribution in [0.2, 0.25) is 10.0 Å². The van der Waals surface area contributed by atoms with Crippen LogP contribution in [0.25, 0.3) is 0 Å². The van der Waals surface area contributed by atoms with Crippen LogP contribution < -0.4 is 0 Å². The summed E-state index contributed by atoms with van der Waals surface area (Å²) in [5.74, 6) is -1.01. The second-order valence-electron chi connectivity index (χ2n) is 25.5. The van der Waals surface area contributed by atoms with Crippen molar-refractivity contribution in [3.8, 4) is 0 Å². The maximum absolute atomic E-state index is 13.6. The molecule has 0 aliphatic heterocycles. The number of rotatable bonds is 0. The molecule has 6 rings (SSSR count). The molecule has 0 spiro atoms. The van der Waals surface area contributed by atoms with Crippen molar-refractivity contribution >= 4 is 23.2 Å². The Kier molecular flexibility index (Phi) is 26.4. The second kappa shape index (κ2) is 28.1. The van der Waals surface area contributed by atoms with Gasteiger partial charge in [-0.15, -0.1) is 0 Å². The van der Waals surface area contributed by atoms with Crippen molar-refractivity contribution in [3.63, 3.8) is 0 Å². The summed E-state index contributed by atoms with van der Waals surface area (Å²) in [6.07, 6.45) is 0. The summed E-state index contributed by atoms with van der Waals surface area (Å²) in [7, 11) is 0. The fourth-order valence-electron chi connectivity index (χ4n) is 7.22. The van der Waals surface area contributed by atoms with Gasteiger partial charge < -0.3 is 0 Å². The highest BCUT2D eigenvalue weighted by Crippen LogP contribution is 2.31. The summed E-state index contributed by atoms with van der Waals surface area (Å²) in [6, 6.07) is 31.5. The van der Waals surface area contributed by atoms with Crippen molar-refractivity contribution in [3.05, 3.63) is 209 Å². The molecule has 0 aromatic heterocycles. The van der Waals surface area contributed by atoms with Gasteiger partial charge >= 0.3 is 0 Å². The third-order valence-electron chi connectivity index (χ3n) is 11.8. The molecule has 74 heavy (non-hydrogen) atoms. The number of halogens is 7. The molecule has 0 saturated carbocycles. The molecule has 0 fully saturated rings. The number of benzene rings is 6. The van der Waals surface area contributed by atoms with Gasteiger partial charge in [0, 0.05) is 10.0 Å². The SMILES string of the molecule is C.Cc1cc(Cl)cc(C(C)(C)C)c1.Cc1cc(Cl)cc(C(C)(C)C)c1F.Cc1cc(F)cc(C(C)(C)C)c1.Cc1cc(F)cc(C(C)(C)C)c1F.Cc1cccc(C(C)(C)C)c1.Cc1cccc(C(C)(C)C)c1F. The summed E-state index contributed by atoms with van der Waals surface area (Å²) in [4.78, 5) is 0. The molecule has 0 saturated heterocycles. The van der Waals surface area contributed by atoms with Gasteiger partial charge in [0.25, 0.3) is 0 Å². The molecule has 6 aromatic carbocycles. The Hall–Kier alpha value is -4.45. The summed E-state index contributed by atoms with van der Waals surface area (Å²) in [5, 5.41) is 1.43. The molecule has 0 atom stereocenters. The Bertz CT molecular complexity index is 2540. The lowest BCUT2D eigenvalue weighted by molar-refractivity contribution is 0.506. The molecule has 0 amide bonds. The van der Waals surface area contributed by atoms with E-state index in [0.29, 0.717) is 27.3 Å². The van der Waals surface area contributed by atoms with E-state index in [1.807, 2.05) is 99.6 Å². The van der Waals surface area contributed by atoms with E-state index in [1.165, 1.54) is 34.4 Å². The topological polar surface area (TPSA) is 0 Å². The fraction of sp³-hybridized carbons (Fsp3) is 0.463. The Morgan fingerprint density at radius 1 is 0.297 bits per heavy atom. The summed E-state index contributed by atoms with van der Waals surface area (Å²) < 4.78 is 66.6. The first-order valence-corrected chi connectivity index (χ1v) is 25.9. The van der Waals surface area contributed by atoms with Gasteiger partial charge in [0.05, 0.1) is 0 Å². The van der Waals surface area contributed by atoms with E-state index in [0.717, 1.165) is 27.3 Å². The summed E-state index contributed by atoms with van der Waals surface area (Å²) in [6.45, 7) is 48.3. The molecule has 0 heterocycles. The van der Waals surface area contributed by atoms with Crippen molar-refractivity contribution in [2.45, 2.75) is 206 Å². The average Bonchev–Trinajstić information content (AvgIpc) is 3.20. The molecule has 0 unspecified atom stereocenters. The summed E-state index contributed by atoms with van der Waals surface area (Å²) in [5.41, 5.74) is 10.8. The zero-order valence-corrected chi connectivity index (χ0v) is 50.5. The van der Waals surface area contributed by atoms with E-state index in [4.69, 9.17) is 23.2 Å². The van der Waals surface area contributed by atoms with Gasteiger partial charge in [-0.25, -0.2) is 22.0 Å². The van der Waals surface area contributed by atoms with Gasteiger partial charge in [0.15, 0.2) is 0 Å². The van der Waals surface area contributed by atoms with Gasteiger partial charge in [-0.05, 0) is 184 Å². The lowest BCUT2D eigenvalue weighted by Gasteiger charge is -2.20. The molecule has 0 nitrogen and oxygen atoms in total. The van der Waals surface area contributed by atoms with Crippen LogP contribution in [-0.4, -0.2) is 0 Å². The van der Waals surface area contributed by atoms with Crippen LogP contribution in [0.3, 0.4) is 0 Å². The highest BCUT2D eigenvalue weighted by molar-refractivity contribution is 6.31. The van der Waals surface area contributed by atoms with Crippen molar-refractivity contribution in [1.82, 2.24) is 0 Å². The van der Waals surface area contributed by atoms with Crippen molar-refractivity contribution in [2.24, 2.45) is 0 Å². The normalized spacial score (nSPS) is 11.6. The largest absolute Gasteiger partial charge is 0.207 e. The van der Waals surface area contributed by atoms with Crippen LogP contribution in [0.15, 0.2) is 103 Å². The van der Waals surface area contributed by atoms with Crippen molar-refractivity contribution in [1.29, 1.82) is 0 Å². The molecular weight excluding hydrogens is 971 g/mol. The van der Waals surface area contributed by atoms with E-state index in [1.54, 1.807) is 51.1 Å². The Morgan fingerprint density at radius 3 is 1.05 bits per heavy atom. The van der Waals surface area contributed by atoms with Crippen LogP contribution in [0, 0.1) is 70.6 Å². The molecule has 410 valence electrons. The van der Waals surface area contributed by atoms with E-state index in [-0.39, 0.29) is 69.0 Å². The maximum Gasteiger partial charge on any atom is 0.130 e. The van der Waals surface area contributed by atoms with Gasteiger partial charge in [-0.3, -0.25) is 0 Å². The minimum atomic E-state index is -0.371. The predicted molar refractivity (Wildman–Crippen MR) is 316 cm³/mol. The third kappa shape index (κ3) is 24.0. The molecule has 0 radical (unpaired) electrons. The van der Waals surface area contributed by atoms with Crippen LogP contribution in [0.4, 0.5) is 22.0 Å². The number of hydrogen-bond acceptors (Lipinski definition) is 0. The first-order chi connectivity index (χ1) is 32.9. The first kappa shape index (κ1) is 69.5.